The summed E-state index contributed by atoms with van der Waals surface area (Å²) in [6.45, 7) is 1.93. The van der Waals surface area contributed by atoms with E-state index in [1.54, 1.807) is 24.3 Å². The van der Waals surface area contributed by atoms with Gasteiger partial charge in [0, 0.05) is 10.6 Å². The molecular formula is C17H13ClN2O2S. The molecule has 0 unspecified atom stereocenters. The second kappa shape index (κ2) is 6.10. The molecule has 23 heavy (non-hydrogen) atoms. The fourth-order valence-electron chi connectivity index (χ4n) is 2.27. The monoisotopic (exact) mass is 344 g/mol. The van der Waals surface area contributed by atoms with Gasteiger partial charge < -0.3 is 5.11 Å². The lowest BCUT2D eigenvalue weighted by molar-refractivity contribution is -0.113. The zero-order valence-electron chi connectivity index (χ0n) is 12.2. The first-order valence-electron chi connectivity index (χ1n) is 6.83. The number of rotatable bonds is 2. The van der Waals surface area contributed by atoms with Gasteiger partial charge >= 0.3 is 0 Å². The molecule has 116 valence electrons. The molecule has 0 saturated carbocycles. The van der Waals surface area contributed by atoms with E-state index in [2.05, 4.69) is 0 Å². The fraction of sp³-hybridized carbons (Fsp3) is 0.0588. The van der Waals surface area contributed by atoms with Crippen molar-refractivity contribution >= 4 is 46.2 Å². The number of benzene rings is 2. The van der Waals surface area contributed by atoms with Gasteiger partial charge in [-0.15, -0.1) is 0 Å². The lowest BCUT2D eigenvalue weighted by atomic mass is 10.1. The van der Waals surface area contributed by atoms with Crippen LogP contribution in [0.25, 0.3) is 6.08 Å². The number of thioether (sulfide) groups is 1. The molecule has 2 N–H and O–H groups in total. The number of nitrogens with zero attached hydrogens (tertiary/aromatic N) is 1. The number of phenols is 1. The highest BCUT2D eigenvalue weighted by atomic mass is 35.5. The minimum Gasteiger partial charge on any atom is -0.507 e. The summed E-state index contributed by atoms with van der Waals surface area (Å²) in [5.74, 6) is -0.249. The number of aromatic hydroxyl groups is 1. The largest absolute Gasteiger partial charge is 0.507 e. The molecule has 4 nitrogen and oxygen atoms in total. The number of anilines is 1. The Morgan fingerprint density at radius 3 is 2.78 bits per heavy atom. The van der Waals surface area contributed by atoms with Crippen LogP contribution in [0.1, 0.15) is 11.1 Å². The van der Waals surface area contributed by atoms with Crippen molar-refractivity contribution in [1.82, 2.24) is 0 Å². The summed E-state index contributed by atoms with van der Waals surface area (Å²) in [6, 6.07) is 12.1. The topological polar surface area (TPSA) is 64.4 Å². The highest BCUT2D eigenvalue weighted by Crippen LogP contribution is 2.36. The van der Waals surface area contributed by atoms with Gasteiger partial charge in [-0.2, -0.15) is 0 Å². The highest BCUT2D eigenvalue weighted by Gasteiger charge is 2.33. The Balaban J connectivity index is 1.98. The molecule has 0 radical (unpaired) electrons. The van der Waals surface area contributed by atoms with E-state index in [0.717, 1.165) is 17.3 Å². The SMILES string of the molecule is Cc1cccc(N2C(=N)S/C(=C\c3cc(Cl)ccc3O)C2=O)c1. The molecule has 1 fully saturated rings. The Morgan fingerprint density at radius 2 is 2.04 bits per heavy atom. The lowest BCUT2D eigenvalue weighted by Crippen LogP contribution is -2.28. The molecule has 6 heteroatoms. The fourth-order valence-corrected chi connectivity index (χ4v) is 3.30. The van der Waals surface area contributed by atoms with Crippen LogP contribution in [0.2, 0.25) is 5.02 Å². The first-order valence-corrected chi connectivity index (χ1v) is 8.03. The van der Waals surface area contributed by atoms with Gasteiger partial charge in [-0.25, -0.2) is 0 Å². The van der Waals surface area contributed by atoms with Gasteiger partial charge in [0.1, 0.15) is 5.75 Å². The highest BCUT2D eigenvalue weighted by molar-refractivity contribution is 8.19. The van der Waals surface area contributed by atoms with Crippen LogP contribution in [-0.4, -0.2) is 16.2 Å². The molecule has 0 atom stereocenters. The summed E-state index contributed by atoms with van der Waals surface area (Å²) in [5, 5.41) is 18.6. The van der Waals surface area contributed by atoms with Crippen LogP contribution < -0.4 is 4.90 Å². The number of amidine groups is 1. The van der Waals surface area contributed by atoms with Crippen LogP contribution >= 0.6 is 23.4 Å². The van der Waals surface area contributed by atoms with E-state index in [9.17, 15) is 9.90 Å². The average molecular weight is 345 g/mol. The summed E-state index contributed by atoms with van der Waals surface area (Å²) >= 11 is 6.98. The van der Waals surface area contributed by atoms with Crippen LogP contribution in [-0.2, 0) is 4.79 Å². The first-order chi connectivity index (χ1) is 11.0. The molecule has 1 saturated heterocycles. The third-order valence-corrected chi connectivity index (χ3v) is 4.48. The smallest absolute Gasteiger partial charge is 0.271 e. The van der Waals surface area contributed by atoms with Gasteiger partial charge in [0.25, 0.3) is 5.91 Å². The Labute approximate surface area is 142 Å². The van der Waals surface area contributed by atoms with Crippen molar-refractivity contribution in [3.05, 3.63) is 63.5 Å². The molecule has 3 rings (SSSR count). The first kappa shape index (κ1) is 15.6. The summed E-state index contributed by atoms with van der Waals surface area (Å²) in [4.78, 5) is 14.3. The maximum atomic E-state index is 12.6. The molecule has 2 aromatic rings. The van der Waals surface area contributed by atoms with Gasteiger partial charge in [-0.1, -0.05) is 23.7 Å². The molecule has 0 bridgehead atoms. The van der Waals surface area contributed by atoms with Crippen molar-refractivity contribution in [2.24, 2.45) is 0 Å². The summed E-state index contributed by atoms with van der Waals surface area (Å²) in [7, 11) is 0. The van der Waals surface area contributed by atoms with Crippen LogP contribution in [0.15, 0.2) is 47.4 Å². The summed E-state index contributed by atoms with van der Waals surface area (Å²) in [6.07, 6.45) is 1.55. The van der Waals surface area contributed by atoms with Crippen LogP contribution in [0, 0.1) is 12.3 Å². The number of hydrogen-bond acceptors (Lipinski definition) is 4. The van der Waals surface area contributed by atoms with Crippen molar-refractivity contribution in [3.63, 3.8) is 0 Å². The zero-order chi connectivity index (χ0) is 16.6. The lowest BCUT2D eigenvalue weighted by Gasteiger charge is -2.14. The maximum Gasteiger partial charge on any atom is 0.271 e. The van der Waals surface area contributed by atoms with E-state index in [1.807, 2.05) is 25.1 Å². The normalized spacial score (nSPS) is 16.4. The molecule has 1 heterocycles. The number of carbonyl (C=O) groups is 1. The van der Waals surface area contributed by atoms with E-state index in [-0.39, 0.29) is 16.8 Å². The van der Waals surface area contributed by atoms with Crippen LogP contribution in [0.5, 0.6) is 5.75 Å². The number of aryl methyl sites for hydroxylation is 1. The van der Waals surface area contributed by atoms with Gasteiger partial charge in [0.15, 0.2) is 5.17 Å². The van der Waals surface area contributed by atoms with E-state index in [1.165, 1.54) is 11.0 Å². The Morgan fingerprint density at radius 1 is 1.26 bits per heavy atom. The maximum absolute atomic E-state index is 12.6. The number of carbonyl (C=O) groups excluding carboxylic acids is 1. The molecule has 1 aliphatic heterocycles. The summed E-state index contributed by atoms with van der Waals surface area (Å²) < 4.78 is 0. The van der Waals surface area contributed by atoms with E-state index in [4.69, 9.17) is 17.0 Å². The number of amides is 1. The average Bonchev–Trinajstić information content (AvgIpc) is 2.77. The molecule has 0 spiro atoms. The van der Waals surface area contributed by atoms with E-state index in [0.29, 0.717) is 21.2 Å². The number of halogens is 1. The molecule has 1 amide bonds. The molecule has 2 aromatic carbocycles. The van der Waals surface area contributed by atoms with Crippen molar-refractivity contribution in [3.8, 4) is 5.75 Å². The standard InChI is InChI=1S/C17H13ClN2O2S/c1-10-3-2-4-13(7-10)20-16(22)15(23-17(20)19)9-11-8-12(18)5-6-14(11)21/h2-9,19,21H,1H3/b15-9-,19-17?. The molecular weight excluding hydrogens is 332 g/mol. The van der Waals surface area contributed by atoms with Crippen LogP contribution in [0.4, 0.5) is 5.69 Å². The third kappa shape index (κ3) is 3.11. The van der Waals surface area contributed by atoms with Crippen molar-refractivity contribution in [2.75, 3.05) is 4.90 Å². The minimum atomic E-state index is -0.287. The third-order valence-electron chi connectivity index (χ3n) is 3.36. The predicted octanol–water partition coefficient (Wildman–Crippen LogP) is 4.41. The molecule has 0 aliphatic carbocycles. The number of nitrogens with one attached hydrogen (secondary N) is 1. The second-order valence-corrected chi connectivity index (χ2v) is 6.57. The van der Waals surface area contributed by atoms with Crippen molar-refractivity contribution < 1.29 is 9.90 Å². The van der Waals surface area contributed by atoms with Gasteiger partial charge in [-0.05, 0) is 60.7 Å². The number of phenolic OH excluding ortho intramolecular Hbond substituents is 1. The number of hydrogen-bond donors (Lipinski definition) is 2. The van der Waals surface area contributed by atoms with Crippen molar-refractivity contribution in [1.29, 1.82) is 5.41 Å². The quantitative estimate of drug-likeness (QED) is 0.793. The van der Waals surface area contributed by atoms with Crippen molar-refractivity contribution in [2.45, 2.75) is 6.92 Å². The Hall–Kier alpha value is -2.24. The Bertz CT molecular complexity index is 848. The second-order valence-electron chi connectivity index (χ2n) is 5.10. The minimum absolute atomic E-state index is 0.0378. The van der Waals surface area contributed by atoms with Gasteiger partial charge in [0.2, 0.25) is 0 Å². The van der Waals surface area contributed by atoms with Crippen LogP contribution in [0.3, 0.4) is 0 Å². The van der Waals surface area contributed by atoms with Gasteiger partial charge in [-0.3, -0.25) is 15.1 Å². The van der Waals surface area contributed by atoms with E-state index >= 15 is 0 Å². The Kier molecular flexibility index (Phi) is 4.15. The van der Waals surface area contributed by atoms with Gasteiger partial charge in [0.05, 0.1) is 10.6 Å². The molecule has 1 aliphatic rings. The molecule has 0 aromatic heterocycles. The van der Waals surface area contributed by atoms with E-state index < -0.39 is 0 Å². The predicted molar refractivity (Wildman–Crippen MR) is 95.1 cm³/mol. The zero-order valence-corrected chi connectivity index (χ0v) is 13.8. The summed E-state index contributed by atoms with van der Waals surface area (Å²) in [5.41, 5.74) is 2.12.